The lowest BCUT2D eigenvalue weighted by Crippen LogP contribution is -2.12. The standard InChI is InChI=1S/C13H16N4O3/c1-9-4-3-5-10(2)13(9)20-8-11-14-15-16-17(11)7-6-12(18)19/h3-5H,6-8H2,1-2H3,(H,18,19). The van der Waals surface area contributed by atoms with Crippen molar-refractivity contribution in [3.63, 3.8) is 0 Å². The van der Waals surface area contributed by atoms with Crippen molar-refractivity contribution < 1.29 is 14.6 Å². The minimum atomic E-state index is -0.887. The van der Waals surface area contributed by atoms with E-state index in [1.807, 2.05) is 32.0 Å². The number of tetrazole rings is 1. The Morgan fingerprint density at radius 1 is 1.35 bits per heavy atom. The molecule has 20 heavy (non-hydrogen) atoms. The number of rotatable bonds is 6. The van der Waals surface area contributed by atoms with Crippen molar-refractivity contribution in [2.75, 3.05) is 0 Å². The molecule has 7 heteroatoms. The SMILES string of the molecule is Cc1cccc(C)c1OCc1nnnn1CCC(=O)O. The Hall–Kier alpha value is -2.44. The summed E-state index contributed by atoms with van der Waals surface area (Å²) in [6.07, 6.45) is -0.0264. The zero-order chi connectivity index (χ0) is 14.5. The molecule has 1 heterocycles. The van der Waals surface area contributed by atoms with Crippen molar-refractivity contribution in [3.05, 3.63) is 35.2 Å². The fourth-order valence-corrected chi connectivity index (χ4v) is 1.87. The molecule has 2 aromatic rings. The second kappa shape index (κ2) is 6.14. The van der Waals surface area contributed by atoms with E-state index in [2.05, 4.69) is 15.5 Å². The quantitative estimate of drug-likeness (QED) is 0.856. The molecule has 1 aromatic heterocycles. The number of carboxylic acid groups (broad SMARTS) is 1. The normalized spacial score (nSPS) is 10.5. The van der Waals surface area contributed by atoms with E-state index in [-0.39, 0.29) is 19.6 Å². The van der Waals surface area contributed by atoms with Crippen LogP contribution in [0.3, 0.4) is 0 Å². The molecular weight excluding hydrogens is 260 g/mol. The van der Waals surface area contributed by atoms with Crippen molar-refractivity contribution in [1.29, 1.82) is 0 Å². The molecule has 106 valence electrons. The summed E-state index contributed by atoms with van der Waals surface area (Å²) in [5.41, 5.74) is 2.07. The molecule has 0 spiro atoms. The van der Waals surface area contributed by atoms with Crippen LogP contribution >= 0.6 is 0 Å². The van der Waals surface area contributed by atoms with E-state index in [1.54, 1.807) is 0 Å². The van der Waals surface area contributed by atoms with Crippen LogP contribution in [0, 0.1) is 13.8 Å². The smallest absolute Gasteiger partial charge is 0.305 e. The van der Waals surface area contributed by atoms with Gasteiger partial charge in [0.05, 0.1) is 13.0 Å². The maximum Gasteiger partial charge on any atom is 0.305 e. The van der Waals surface area contributed by atoms with Crippen LogP contribution in [0.5, 0.6) is 5.75 Å². The van der Waals surface area contributed by atoms with Gasteiger partial charge in [-0.2, -0.15) is 0 Å². The monoisotopic (exact) mass is 276 g/mol. The summed E-state index contributed by atoms with van der Waals surface area (Å²) < 4.78 is 7.19. The number of carbonyl (C=O) groups is 1. The number of ether oxygens (including phenoxy) is 1. The Balaban J connectivity index is 2.04. The van der Waals surface area contributed by atoms with Gasteiger partial charge in [-0.05, 0) is 35.4 Å². The number of para-hydroxylation sites is 1. The summed E-state index contributed by atoms with van der Waals surface area (Å²) in [6, 6.07) is 5.90. The highest BCUT2D eigenvalue weighted by atomic mass is 16.5. The number of benzene rings is 1. The number of aryl methyl sites for hydroxylation is 3. The van der Waals surface area contributed by atoms with Gasteiger partial charge in [-0.15, -0.1) is 5.10 Å². The second-order valence-corrected chi connectivity index (χ2v) is 4.47. The minimum absolute atomic E-state index is 0.0264. The van der Waals surface area contributed by atoms with Crippen LogP contribution in [0.1, 0.15) is 23.4 Å². The molecule has 1 N–H and O–H groups in total. The zero-order valence-corrected chi connectivity index (χ0v) is 11.4. The average molecular weight is 276 g/mol. The minimum Gasteiger partial charge on any atom is -0.485 e. The number of hydrogen-bond acceptors (Lipinski definition) is 5. The highest BCUT2D eigenvalue weighted by Crippen LogP contribution is 2.23. The first-order chi connectivity index (χ1) is 9.58. The highest BCUT2D eigenvalue weighted by molar-refractivity contribution is 5.66. The highest BCUT2D eigenvalue weighted by Gasteiger charge is 2.10. The van der Waals surface area contributed by atoms with Gasteiger partial charge in [0, 0.05) is 0 Å². The van der Waals surface area contributed by atoms with Gasteiger partial charge in [0.15, 0.2) is 5.82 Å². The largest absolute Gasteiger partial charge is 0.485 e. The second-order valence-electron chi connectivity index (χ2n) is 4.47. The fourth-order valence-electron chi connectivity index (χ4n) is 1.87. The third kappa shape index (κ3) is 3.31. The molecule has 0 aliphatic heterocycles. The lowest BCUT2D eigenvalue weighted by Gasteiger charge is -2.11. The summed E-state index contributed by atoms with van der Waals surface area (Å²) in [4.78, 5) is 10.6. The zero-order valence-electron chi connectivity index (χ0n) is 11.4. The molecule has 7 nitrogen and oxygen atoms in total. The van der Waals surface area contributed by atoms with Crippen LogP contribution in [-0.4, -0.2) is 31.3 Å². The van der Waals surface area contributed by atoms with Gasteiger partial charge in [-0.3, -0.25) is 4.79 Å². The van der Waals surface area contributed by atoms with E-state index in [4.69, 9.17) is 9.84 Å². The van der Waals surface area contributed by atoms with Gasteiger partial charge < -0.3 is 9.84 Å². The van der Waals surface area contributed by atoms with Gasteiger partial charge in [0.2, 0.25) is 0 Å². The lowest BCUT2D eigenvalue weighted by atomic mass is 10.1. The molecule has 0 unspecified atom stereocenters. The van der Waals surface area contributed by atoms with Crippen LogP contribution in [0.25, 0.3) is 0 Å². The maximum absolute atomic E-state index is 10.6. The van der Waals surface area contributed by atoms with E-state index in [0.717, 1.165) is 16.9 Å². The Labute approximate surface area is 116 Å². The summed E-state index contributed by atoms with van der Waals surface area (Å²) >= 11 is 0. The predicted octanol–water partition coefficient (Wildman–Crippen LogP) is 1.34. The van der Waals surface area contributed by atoms with Gasteiger partial charge in [-0.1, -0.05) is 18.2 Å². The van der Waals surface area contributed by atoms with Crippen molar-refractivity contribution in [2.45, 2.75) is 33.4 Å². The summed E-state index contributed by atoms with van der Waals surface area (Å²) in [5, 5.41) is 19.8. The molecule has 0 atom stereocenters. The van der Waals surface area contributed by atoms with Gasteiger partial charge >= 0.3 is 5.97 Å². The molecular formula is C13H16N4O3. The van der Waals surface area contributed by atoms with Crippen molar-refractivity contribution in [3.8, 4) is 5.75 Å². The van der Waals surface area contributed by atoms with Crippen molar-refractivity contribution in [2.24, 2.45) is 0 Å². The van der Waals surface area contributed by atoms with Crippen LogP contribution in [-0.2, 0) is 17.9 Å². The van der Waals surface area contributed by atoms with Crippen LogP contribution < -0.4 is 4.74 Å². The molecule has 0 saturated carbocycles. The molecule has 0 aliphatic rings. The molecule has 0 bridgehead atoms. The van der Waals surface area contributed by atoms with E-state index in [1.165, 1.54) is 4.68 Å². The molecule has 0 radical (unpaired) electrons. The van der Waals surface area contributed by atoms with Crippen LogP contribution in [0.2, 0.25) is 0 Å². The Kier molecular flexibility index (Phi) is 4.29. The first-order valence-electron chi connectivity index (χ1n) is 6.24. The van der Waals surface area contributed by atoms with Crippen molar-refractivity contribution in [1.82, 2.24) is 20.2 Å². The molecule has 2 rings (SSSR count). The van der Waals surface area contributed by atoms with E-state index >= 15 is 0 Å². The van der Waals surface area contributed by atoms with Crippen molar-refractivity contribution >= 4 is 5.97 Å². The molecule has 0 aliphatic carbocycles. The molecule has 0 amide bonds. The van der Waals surface area contributed by atoms with E-state index in [9.17, 15) is 4.79 Å². The summed E-state index contributed by atoms with van der Waals surface area (Å²) in [5.74, 6) is 0.427. The first-order valence-corrected chi connectivity index (χ1v) is 6.24. The maximum atomic E-state index is 10.6. The van der Waals surface area contributed by atoms with E-state index < -0.39 is 5.97 Å². The van der Waals surface area contributed by atoms with Gasteiger partial charge in [0.1, 0.15) is 12.4 Å². The fraction of sp³-hybridized carbons (Fsp3) is 0.385. The Morgan fingerprint density at radius 2 is 2.05 bits per heavy atom. The van der Waals surface area contributed by atoms with Crippen LogP contribution in [0.15, 0.2) is 18.2 Å². The average Bonchev–Trinajstić information content (AvgIpc) is 2.83. The summed E-state index contributed by atoms with van der Waals surface area (Å²) in [6.45, 7) is 4.37. The molecule has 1 aromatic carbocycles. The van der Waals surface area contributed by atoms with Gasteiger partial charge in [-0.25, -0.2) is 4.68 Å². The number of carboxylic acids is 1. The summed E-state index contributed by atoms with van der Waals surface area (Å²) in [7, 11) is 0. The van der Waals surface area contributed by atoms with E-state index in [0.29, 0.717) is 5.82 Å². The predicted molar refractivity (Wildman–Crippen MR) is 70.3 cm³/mol. The van der Waals surface area contributed by atoms with Gasteiger partial charge in [0.25, 0.3) is 0 Å². The third-order valence-electron chi connectivity index (χ3n) is 2.90. The first kappa shape index (κ1) is 14.0. The van der Waals surface area contributed by atoms with Crippen LogP contribution in [0.4, 0.5) is 0 Å². The Morgan fingerprint density at radius 3 is 2.70 bits per heavy atom. The Bertz CT molecular complexity index is 589. The lowest BCUT2D eigenvalue weighted by molar-refractivity contribution is -0.137. The molecule has 0 fully saturated rings. The number of aromatic nitrogens is 4. The third-order valence-corrected chi connectivity index (χ3v) is 2.90. The number of nitrogens with zero attached hydrogens (tertiary/aromatic N) is 4. The number of aliphatic carboxylic acids is 1. The topological polar surface area (TPSA) is 90.1 Å². The number of hydrogen-bond donors (Lipinski definition) is 1. The molecule has 0 saturated heterocycles.